The van der Waals surface area contributed by atoms with Gasteiger partial charge in [-0.25, -0.2) is 4.39 Å². The molecule has 0 saturated heterocycles. The van der Waals surface area contributed by atoms with Crippen LogP contribution < -0.4 is 0 Å². The first-order valence-electron chi connectivity index (χ1n) is 8.04. The maximum atomic E-state index is 12.6. The molecule has 2 heterocycles. The summed E-state index contributed by atoms with van der Waals surface area (Å²) in [5.74, 6) is -0.182. The molecule has 0 aliphatic carbocycles. The van der Waals surface area contributed by atoms with Crippen molar-refractivity contribution in [3.8, 4) is 20.9 Å². The number of hydrogen-bond acceptors (Lipinski definition) is 2. The van der Waals surface area contributed by atoms with Crippen LogP contribution in [-0.2, 0) is 0 Å². The second-order valence-electron chi connectivity index (χ2n) is 5.74. The zero-order valence-electron chi connectivity index (χ0n) is 14.2. The lowest BCUT2D eigenvalue weighted by Crippen LogP contribution is -1.76. The highest BCUT2D eigenvalue weighted by molar-refractivity contribution is 7.14. The van der Waals surface area contributed by atoms with Gasteiger partial charge in [0.1, 0.15) is 5.82 Å². The molecule has 2 aromatic heterocycles. The van der Waals surface area contributed by atoms with Crippen molar-refractivity contribution in [1.82, 2.24) is 0 Å². The molecule has 0 aliphatic rings. The first-order chi connectivity index (χ1) is 12.1. The van der Waals surface area contributed by atoms with E-state index in [2.05, 4.69) is 55.6 Å². The third-order valence-electron chi connectivity index (χ3n) is 3.87. The molecule has 25 heavy (non-hydrogen) atoms. The summed E-state index contributed by atoms with van der Waals surface area (Å²) in [6.07, 6.45) is 0. The molecule has 0 radical (unpaired) electrons. The molecule has 0 amide bonds. The van der Waals surface area contributed by atoms with Crippen LogP contribution in [0.2, 0.25) is 0 Å². The highest BCUT2D eigenvalue weighted by atomic mass is 32.1. The summed E-state index contributed by atoms with van der Waals surface area (Å²) >= 11 is 3.49. The molecule has 0 N–H and O–H groups in total. The largest absolute Gasteiger partial charge is 0.207 e. The van der Waals surface area contributed by atoms with Gasteiger partial charge >= 0.3 is 0 Å². The zero-order chi connectivity index (χ0) is 17.6. The van der Waals surface area contributed by atoms with Crippen LogP contribution in [0.25, 0.3) is 20.9 Å². The molecular formula is C22H19FS2. The number of benzene rings is 2. The molecule has 2 aromatic carbocycles. The first kappa shape index (κ1) is 17.6. The molecule has 0 fully saturated rings. The second-order valence-corrected chi connectivity index (χ2v) is 7.57. The monoisotopic (exact) mass is 366 g/mol. The quantitative estimate of drug-likeness (QED) is 0.343. The van der Waals surface area contributed by atoms with Gasteiger partial charge < -0.3 is 0 Å². The first-order valence-corrected chi connectivity index (χ1v) is 9.80. The second kappa shape index (κ2) is 8.24. The van der Waals surface area contributed by atoms with Crippen molar-refractivity contribution in [1.29, 1.82) is 0 Å². The van der Waals surface area contributed by atoms with Gasteiger partial charge in [-0.2, -0.15) is 0 Å². The van der Waals surface area contributed by atoms with Crippen molar-refractivity contribution in [3.63, 3.8) is 0 Å². The summed E-state index contributed by atoms with van der Waals surface area (Å²) < 4.78 is 12.6. The van der Waals surface area contributed by atoms with Crippen LogP contribution in [0.3, 0.4) is 0 Å². The third kappa shape index (κ3) is 4.44. The van der Waals surface area contributed by atoms with E-state index in [1.165, 1.54) is 38.6 Å². The maximum absolute atomic E-state index is 12.6. The predicted octanol–water partition coefficient (Wildman–Crippen LogP) is 7.59. The van der Waals surface area contributed by atoms with E-state index in [9.17, 15) is 4.39 Å². The number of rotatable bonds is 2. The minimum Gasteiger partial charge on any atom is -0.207 e. The SMILES string of the molecule is Cc1ccsc1-c1ccc(F)cc1.Cc1ccsc1-c1ccccc1. The zero-order valence-corrected chi connectivity index (χ0v) is 15.8. The van der Waals surface area contributed by atoms with E-state index in [1.54, 1.807) is 22.7 Å². The Hall–Kier alpha value is -2.23. The van der Waals surface area contributed by atoms with Crippen LogP contribution in [-0.4, -0.2) is 0 Å². The Bertz CT molecular complexity index is 918. The van der Waals surface area contributed by atoms with Crippen LogP contribution in [0.5, 0.6) is 0 Å². The Balaban J connectivity index is 0.000000146. The fourth-order valence-corrected chi connectivity index (χ4v) is 4.40. The topological polar surface area (TPSA) is 0 Å². The molecule has 3 heteroatoms. The van der Waals surface area contributed by atoms with E-state index < -0.39 is 0 Å². The van der Waals surface area contributed by atoms with E-state index in [0.717, 1.165) is 5.56 Å². The van der Waals surface area contributed by atoms with Gasteiger partial charge in [0.2, 0.25) is 0 Å². The predicted molar refractivity (Wildman–Crippen MR) is 109 cm³/mol. The summed E-state index contributed by atoms with van der Waals surface area (Å²) in [5.41, 5.74) is 5.03. The van der Waals surface area contributed by atoms with E-state index in [-0.39, 0.29) is 5.82 Å². The van der Waals surface area contributed by atoms with Crippen molar-refractivity contribution in [2.24, 2.45) is 0 Å². The van der Waals surface area contributed by atoms with E-state index >= 15 is 0 Å². The maximum Gasteiger partial charge on any atom is 0.123 e. The highest BCUT2D eigenvalue weighted by Crippen LogP contribution is 2.29. The number of hydrogen-bond donors (Lipinski definition) is 0. The Morgan fingerprint density at radius 3 is 1.52 bits per heavy atom. The summed E-state index contributed by atoms with van der Waals surface area (Å²) in [4.78, 5) is 2.61. The van der Waals surface area contributed by atoms with E-state index in [0.29, 0.717) is 0 Å². The minimum atomic E-state index is -0.182. The van der Waals surface area contributed by atoms with Crippen LogP contribution >= 0.6 is 22.7 Å². The van der Waals surface area contributed by atoms with Gasteiger partial charge in [0.15, 0.2) is 0 Å². The van der Waals surface area contributed by atoms with Gasteiger partial charge in [0.25, 0.3) is 0 Å². The molecule has 126 valence electrons. The molecule has 4 aromatic rings. The van der Waals surface area contributed by atoms with Gasteiger partial charge in [0, 0.05) is 9.75 Å². The summed E-state index contributed by atoms with van der Waals surface area (Å²) in [7, 11) is 0. The molecule has 0 unspecified atom stereocenters. The molecule has 0 aliphatic heterocycles. The van der Waals surface area contributed by atoms with E-state index in [1.807, 2.05) is 23.6 Å². The summed E-state index contributed by atoms with van der Waals surface area (Å²) in [5, 5.41) is 4.19. The van der Waals surface area contributed by atoms with Gasteiger partial charge in [-0.1, -0.05) is 42.5 Å². The fraction of sp³-hybridized carbons (Fsp3) is 0.0909. The average Bonchev–Trinajstić information content (AvgIpc) is 3.25. The summed E-state index contributed by atoms with van der Waals surface area (Å²) in [6, 6.07) is 21.4. The van der Waals surface area contributed by atoms with Gasteiger partial charge in [-0.05, 0) is 71.1 Å². The van der Waals surface area contributed by atoms with Crippen molar-refractivity contribution < 1.29 is 4.39 Å². The Morgan fingerprint density at radius 2 is 1.08 bits per heavy atom. The number of aryl methyl sites for hydroxylation is 2. The van der Waals surface area contributed by atoms with Gasteiger partial charge in [0.05, 0.1) is 0 Å². The number of thiophene rings is 2. The van der Waals surface area contributed by atoms with Crippen LogP contribution in [0.15, 0.2) is 77.5 Å². The van der Waals surface area contributed by atoms with E-state index in [4.69, 9.17) is 0 Å². The van der Waals surface area contributed by atoms with Crippen molar-refractivity contribution in [3.05, 3.63) is 94.4 Å². The normalized spacial score (nSPS) is 10.2. The smallest absolute Gasteiger partial charge is 0.123 e. The summed E-state index contributed by atoms with van der Waals surface area (Å²) in [6.45, 7) is 4.22. The van der Waals surface area contributed by atoms with Crippen LogP contribution in [0.4, 0.5) is 4.39 Å². The standard InChI is InChI=1S/C11H9FS.C11H10S/c1-8-6-7-13-11(8)9-2-4-10(12)5-3-9;1-9-7-8-12-11(9)10-5-3-2-4-6-10/h2-7H,1H3;2-8H,1H3. The van der Waals surface area contributed by atoms with Gasteiger partial charge in [-0.15, -0.1) is 22.7 Å². The number of halogens is 1. The van der Waals surface area contributed by atoms with Gasteiger partial charge in [-0.3, -0.25) is 0 Å². The average molecular weight is 367 g/mol. The highest BCUT2D eigenvalue weighted by Gasteiger charge is 2.02. The minimum absolute atomic E-state index is 0.182. The van der Waals surface area contributed by atoms with Crippen molar-refractivity contribution in [2.45, 2.75) is 13.8 Å². The lowest BCUT2D eigenvalue weighted by Gasteiger charge is -1.98. The molecule has 4 rings (SSSR count). The Morgan fingerprint density at radius 1 is 0.600 bits per heavy atom. The van der Waals surface area contributed by atoms with Crippen molar-refractivity contribution >= 4 is 22.7 Å². The molecule has 0 saturated carbocycles. The fourth-order valence-electron chi connectivity index (χ4n) is 2.53. The lowest BCUT2D eigenvalue weighted by molar-refractivity contribution is 0.628. The Kier molecular flexibility index (Phi) is 5.79. The molecule has 0 nitrogen and oxygen atoms in total. The third-order valence-corrected chi connectivity index (χ3v) is 6.00. The molecule has 0 atom stereocenters. The Labute approximate surface area is 156 Å². The molecular weight excluding hydrogens is 347 g/mol. The van der Waals surface area contributed by atoms with Crippen molar-refractivity contribution in [2.75, 3.05) is 0 Å². The lowest BCUT2D eigenvalue weighted by atomic mass is 10.1. The van der Waals surface area contributed by atoms with Crippen LogP contribution in [0.1, 0.15) is 11.1 Å². The van der Waals surface area contributed by atoms with Crippen LogP contribution in [0, 0.1) is 19.7 Å². The molecule has 0 spiro atoms. The molecule has 0 bridgehead atoms.